The number of alkyl halides is 1. The first-order chi connectivity index (χ1) is 6.03. The Morgan fingerprint density at radius 2 is 2.23 bits per heavy atom. The van der Waals surface area contributed by atoms with Gasteiger partial charge in [-0.15, -0.1) is 0 Å². The second kappa shape index (κ2) is 4.41. The lowest BCUT2D eigenvalue weighted by molar-refractivity contribution is -0.118. The minimum absolute atomic E-state index is 0.0932. The summed E-state index contributed by atoms with van der Waals surface area (Å²) in [5.41, 5.74) is 0. The van der Waals surface area contributed by atoms with Crippen molar-refractivity contribution in [1.29, 1.82) is 0 Å². The van der Waals surface area contributed by atoms with E-state index in [2.05, 4.69) is 21.2 Å². The molecule has 0 aromatic carbocycles. The van der Waals surface area contributed by atoms with Gasteiger partial charge in [0.1, 0.15) is 0 Å². The van der Waals surface area contributed by atoms with Gasteiger partial charge in [0.2, 0.25) is 5.91 Å². The zero-order valence-electron chi connectivity index (χ0n) is 7.12. The van der Waals surface area contributed by atoms with E-state index in [0.717, 1.165) is 0 Å². The number of rotatable bonds is 3. The predicted molar refractivity (Wildman–Crippen MR) is 53.6 cm³/mol. The molecule has 76 valence electrons. The molecule has 1 fully saturated rings. The fourth-order valence-electron chi connectivity index (χ4n) is 1.34. The number of amides is 1. The van der Waals surface area contributed by atoms with Crippen LogP contribution in [0.15, 0.2) is 0 Å². The Bertz CT molecular complexity index is 288. The molecule has 1 atom stereocenters. The molecule has 1 heterocycles. The van der Waals surface area contributed by atoms with Gasteiger partial charge >= 0.3 is 0 Å². The van der Waals surface area contributed by atoms with Gasteiger partial charge < -0.3 is 5.32 Å². The molecule has 0 saturated carbocycles. The molecule has 1 aliphatic heterocycles. The second-order valence-corrected chi connectivity index (χ2v) is 6.00. The summed E-state index contributed by atoms with van der Waals surface area (Å²) < 4.78 is 22.1. The van der Waals surface area contributed by atoms with Gasteiger partial charge in [0.05, 0.1) is 16.8 Å². The van der Waals surface area contributed by atoms with Crippen LogP contribution >= 0.6 is 15.9 Å². The van der Waals surface area contributed by atoms with Gasteiger partial charge in [-0.25, -0.2) is 8.42 Å². The lowest BCUT2D eigenvalue weighted by Crippen LogP contribution is -2.30. The van der Waals surface area contributed by atoms with E-state index in [1.54, 1.807) is 0 Å². The zero-order chi connectivity index (χ0) is 9.90. The van der Waals surface area contributed by atoms with Crippen molar-refractivity contribution in [2.45, 2.75) is 6.42 Å². The minimum Gasteiger partial charge on any atom is -0.355 e. The highest BCUT2D eigenvalue weighted by molar-refractivity contribution is 9.09. The maximum Gasteiger partial charge on any atom is 0.230 e. The zero-order valence-corrected chi connectivity index (χ0v) is 9.53. The minimum atomic E-state index is -2.81. The Morgan fingerprint density at radius 3 is 2.69 bits per heavy atom. The average Bonchev–Trinajstić information content (AvgIpc) is 2.41. The summed E-state index contributed by atoms with van der Waals surface area (Å²) in [6, 6.07) is 0. The Labute approximate surface area is 86.1 Å². The molecule has 4 nitrogen and oxygen atoms in total. The largest absolute Gasteiger partial charge is 0.355 e. The van der Waals surface area contributed by atoms with Crippen molar-refractivity contribution < 1.29 is 13.2 Å². The first-order valence-electron chi connectivity index (χ1n) is 4.06. The lowest BCUT2D eigenvalue weighted by Gasteiger charge is -2.07. The standard InChI is InChI=1S/C7H12BrNO3S/c8-3-7(10)9-4-6-1-2-13(11,12)5-6/h6H,1-5H2,(H,9,10). The molecule has 0 aliphatic carbocycles. The van der Waals surface area contributed by atoms with E-state index in [4.69, 9.17) is 0 Å². The van der Waals surface area contributed by atoms with Crippen LogP contribution in [0.3, 0.4) is 0 Å². The Kier molecular flexibility index (Phi) is 3.73. The van der Waals surface area contributed by atoms with Crippen LogP contribution in [0.4, 0.5) is 0 Å². The number of halogens is 1. The Hall–Kier alpha value is -0.100. The van der Waals surface area contributed by atoms with Crippen LogP contribution in [0, 0.1) is 5.92 Å². The van der Waals surface area contributed by atoms with E-state index in [0.29, 0.717) is 13.0 Å². The van der Waals surface area contributed by atoms with Gasteiger partial charge in [-0.3, -0.25) is 4.79 Å². The Morgan fingerprint density at radius 1 is 1.54 bits per heavy atom. The summed E-state index contributed by atoms with van der Waals surface area (Å²) in [6.45, 7) is 0.476. The lowest BCUT2D eigenvalue weighted by atomic mass is 10.1. The summed E-state index contributed by atoms with van der Waals surface area (Å²) in [5.74, 6) is 0.495. The molecule has 1 aliphatic rings. The molecular formula is C7H12BrNO3S. The van der Waals surface area contributed by atoms with Crippen molar-refractivity contribution in [1.82, 2.24) is 5.32 Å². The van der Waals surface area contributed by atoms with Crippen molar-refractivity contribution in [2.75, 3.05) is 23.4 Å². The van der Waals surface area contributed by atoms with Crippen LogP contribution in [0.25, 0.3) is 0 Å². The van der Waals surface area contributed by atoms with Crippen LogP contribution in [0.2, 0.25) is 0 Å². The first-order valence-corrected chi connectivity index (χ1v) is 7.01. The molecule has 0 bridgehead atoms. The van der Waals surface area contributed by atoms with Crippen LogP contribution in [0.5, 0.6) is 0 Å². The van der Waals surface area contributed by atoms with Crippen molar-refractivity contribution in [2.24, 2.45) is 5.92 Å². The molecular weight excluding hydrogens is 258 g/mol. The molecule has 1 amide bonds. The summed E-state index contributed by atoms with van der Waals surface area (Å²) in [4.78, 5) is 10.8. The van der Waals surface area contributed by atoms with Gasteiger partial charge in [0.15, 0.2) is 9.84 Å². The van der Waals surface area contributed by atoms with Gasteiger partial charge in [-0.05, 0) is 12.3 Å². The summed E-state index contributed by atoms with van der Waals surface area (Å²) in [7, 11) is -2.81. The van der Waals surface area contributed by atoms with Crippen molar-refractivity contribution in [3.63, 3.8) is 0 Å². The smallest absolute Gasteiger partial charge is 0.230 e. The van der Waals surface area contributed by atoms with Crippen LogP contribution in [-0.4, -0.2) is 37.7 Å². The van der Waals surface area contributed by atoms with Crippen molar-refractivity contribution in [3.8, 4) is 0 Å². The molecule has 13 heavy (non-hydrogen) atoms. The van der Waals surface area contributed by atoms with E-state index < -0.39 is 9.84 Å². The topological polar surface area (TPSA) is 63.2 Å². The van der Waals surface area contributed by atoms with E-state index in [1.165, 1.54) is 0 Å². The van der Waals surface area contributed by atoms with Crippen molar-refractivity contribution >= 4 is 31.7 Å². The molecule has 1 unspecified atom stereocenters. The van der Waals surface area contributed by atoms with Crippen LogP contribution in [-0.2, 0) is 14.6 Å². The maximum absolute atomic E-state index is 11.0. The van der Waals surface area contributed by atoms with Gasteiger partial charge in [0.25, 0.3) is 0 Å². The normalized spacial score (nSPS) is 25.8. The highest BCUT2D eigenvalue weighted by atomic mass is 79.9. The number of sulfone groups is 1. The molecule has 0 aromatic rings. The third-order valence-corrected chi connectivity index (χ3v) is 4.38. The van der Waals surface area contributed by atoms with Crippen molar-refractivity contribution in [3.05, 3.63) is 0 Å². The number of carbonyl (C=O) groups excluding carboxylic acids is 1. The van der Waals surface area contributed by atoms with Crippen LogP contribution in [0.1, 0.15) is 6.42 Å². The number of carbonyl (C=O) groups is 1. The van der Waals surface area contributed by atoms with Gasteiger partial charge in [-0.1, -0.05) is 15.9 Å². The highest BCUT2D eigenvalue weighted by Crippen LogP contribution is 2.17. The fraction of sp³-hybridized carbons (Fsp3) is 0.857. The average molecular weight is 270 g/mol. The second-order valence-electron chi connectivity index (χ2n) is 3.21. The van der Waals surface area contributed by atoms with Gasteiger partial charge in [-0.2, -0.15) is 0 Å². The third-order valence-electron chi connectivity index (χ3n) is 2.04. The summed E-state index contributed by atoms with van der Waals surface area (Å²) in [5, 5.41) is 2.93. The molecule has 0 radical (unpaired) electrons. The number of hydrogen-bond acceptors (Lipinski definition) is 3. The molecule has 1 saturated heterocycles. The predicted octanol–water partition coefficient (Wildman–Crippen LogP) is -0.0678. The van der Waals surface area contributed by atoms with Crippen LogP contribution < -0.4 is 5.32 Å². The first kappa shape index (κ1) is 11.0. The third kappa shape index (κ3) is 3.64. The fourth-order valence-corrected chi connectivity index (χ4v) is 3.40. The van der Waals surface area contributed by atoms with E-state index >= 15 is 0 Å². The molecule has 0 aromatic heterocycles. The van der Waals surface area contributed by atoms with E-state index in [-0.39, 0.29) is 28.7 Å². The number of nitrogens with one attached hydrogen (secondary N) is 1. The van der Waals surface area contributed by atoms with E-state index in [9.17, 15) is 13.2 Å². The quantitative estimate of drug-likeness (QED) is 0.730. The Balaban J connectivity index is 2.29. The molecule has 0 spiro atoms. The highest BCUT2D eigenvalue weighted by Gasteiger charge is 2.27. The maximum atomic E-state index is 11.0. The monoisotopic (exact) mass is 269 g/mol. The molecule has 6 heteroatoms. The summed E-state index contributed by atoms with van der Waals surface area (Å²) >= 11 is 3.02. The van der Waals surface area contributed by atoms with Gasteiger partial charge in [0, 0.05) is 6.54 Å². The number of hydrogen-bond donors (Lipinski definition) is 1. The molecule has 1 rings (SSSR count). The van der Waals surface area contributed by atoms with E-state index in [1.807, 2.05) is 0 Å². The molecule has 1 N–H and O–H groups in total. The SMILES string of the molecule is O=C(CBr)NCC1CCS(=O)(=O)C1. The summed E-state index contributed by atoms with van der Waals surface area (Å²) in [6.07, 6.45) is 0.672.